The summed E-state index contributed by atoms with van der Waals surface area (Å²) in [4.78, 5) is 27.2. The van der Waals surface area contributed by atoms with Gasteiger partial charge in [-0.25, -0.2) is 4.79 Å². The second-order valence-electron chi connectivity index (χ2n) is 7.62. The largest absolute Gasteiger partial charge is 0.454 e. The van der Waals surface area contributed by atoms with Crippen LogP contribution in [-0.2, 0) is 4.79 Å². The van der Waals surface area contributed by atoms with Gasteiger partial charge in [-0.2, -0.15) is 0 Å². The van der Waals surface area contributed by atoms with Gasteiger partial charge in [-0.15, -0.1) is 10.2 Å². The Labute approximate surface area is 188 Å². The fourth-order valence-corrected chi connectivity index (χ4v) is 4.47. The van der Waals surface area contributed by atoms with E-state index in [4.69, 9.17) is 9.47 Å². The van der Waals surface area contributed by atoms with Crippen LogP contribution in [0.15, 0.2) is 42.5 Å². The first kappa shape index (κ1) is 20.3. The normalized spacial score (nSPS) is 16.8. The maximum Gasteiger partial charge on any atom is 0.322 e. The summed E-state index contributed by atoms with van der Waals surface area (Å²) < 4.78 is 10.7. The first-order valence-electron chi connectivity index (χ1n) is 10.3. The highest BCUT2D eigenvalue weighted by atomic mass is 32.1. The van der Waals surface area contributed by atoms with Gasteiger partial charge in [0, 0.05) is 17.8 Å². The molecule has 32 heavy (non-hydrogen) atoms. The number of aromatic nitrogens is 2. The number of amides is 3. The van der Waals surface area contributed by atoms with Crippen molar-refractivity contribution < 1.29 is 19.1 Å². The van der Waals surface area contributed by atoms with E-state index in [1.54, 1.807) is 4.90 Å². The highest BCUT2D eigenvalue weighted by molar-refractivity contribution is 7.18. The molecule has 3 heterocycles. The number of urea groups is 1. The third-order valence-electron chi connectivity index (χ3n) is 5.39. The zero-order chi connectivity index (χ0) is 22.1. The molecule has 0 aliphatic carbocycles. The van der Waals surface area contributed by atoms with Gasteiger partial charge in [-0.05, 0) is 50.1 Å². The van der Waals surface area contributed by atoms with E-state index in [1.165, 1.54) is 11.3 Å². The number of aryl methyl sites for hydroxylation is 1. The summed E-state index contributed by atoms with van der Waals surface area (Å²) in [6.07, 6.45) is 1.36. The summed E-state index contributed by atoms with van der Waals surface area (Å²) in [5.41, 5.74) is 2.63. The first-order valence-corrected chi connectivity index (χ1v) is 11.1. The summed E-state index contributed by atoms with van der Waals surface area (Å²) in [6, 6.07) is 12.2. The van der Waals surface area contributed by atoms with E-state index in [2.05, 4.69) is 20.8 Å². The van der Waals surface area contributed by atoms with Crippen molar-refractivity contribution in [3.8, 4) is 22.1 Å². The smallest absolute Gasteiger partial charge is 0.322 e. The molecule has 1 aromatic heterocycles. The first-order chi connectivity index (χ1) is 15.6. The Balaban J connectivity index is 1.24. The van der Waals surface area contributed by atoms with E-state index in [9.17, 15) is 9.59 Å². The molecule has 1 saturated heterocycles. The number of carbonyl (C=O) groups excluding carboxylic acids is 2. The number of hydrogen-bond donors (Lipinski definition) is 2. The molecule has 0 unspecified atom stereocenters. The van der Waals surface area contributed by atoms with Crippen molar-refractivity contribution in [3.05, 3.63) is 48.0 Å². The van der Waals surface area contributed by atoms with Gasteiger partial charge in [0.15, 0.2) is 11.5 Å². The Morgan fingerprint density at radius 2 is 1.88 bits per heavy atom. The molecule has 9 nitrogen and oxygen atoms in total. The van der Waals surface area contributed by atoms with Gasteiger partial charge in [0.05, 0.1) is 0 Å². The van der Waals surface area contributed by atoms with Crippen LogP contribution in [0.1, 0.15) is 18.4 Å². The molecule has 0 spiro atoms. The number of fused-ring (bicyclic) bond motifs is 1. The van der Waals surface area contributed by atoms with Crippen molar-refractivity contribution in [3.63, 3.8) is 0 Å². The second kappa shape index (κ2) is 8.46. The van der Waals surface area contributed by atoms with Crippen LogP contribution in [0.5, 0.6) is 11.5 Å². The Bertz CT molecular complexity index is 1160. The third kappa shape index (κ3) is 4.09. The van der Waals surface area contributed by atoms with Gasteiger partial charge in [0.1, 0.15) is 11.0 Å². The van der Waals surface area contributed by atoms with E-state index in [-0.39, 0.29) is 18.7 Å². The third-order valence-corrected chi connectivity index (χ3v) is 6.28. The molecule has 0 radical (unpaired) electrons. The van der Waals surface area contributed by atoms with Crippen molar-refractivity contribution >= 4 is 34.1 Å². The summed E-state index contributed by atoms with van der Waals surface area (Å²) >= 11 is 1.26. The Kier molecular flexibility index (Phi) is 5.36. The van der Waals surface area contributed by atoms with Gasteiger partial charge in [0.2, 0.25) is 17.8 Å². The van der Waals surface area contributed by atoms with E-state index in [0.717, 1.165) is 17.5 Å². The van der Waals surface area contributed by atoms with Gasteiger partial charge in [-0.1, -0.05) is 29.0 Å². The minimum Gasteiger partial charge on any atom is -0.454 e. The van der Waals surface area contributed by atoms with Crippen LogP contribution in [0.2, 0.25) is 0 Å². The molecule has 2 aliphatic rings. The molecule has 2 aromatic carbocycles. The number of nitrogens with one attached hydrogen (secondary N) is 2. The number of anilines is 2. The SMILES string of the molecule is Cc1ccc(NC(=O)N2CCC[C@@H]2C(=O)Nc2nnc(-c3ccc4c(c3)OCO4)s2)cc1. The number of likely N-dealkylation sites (tertiary alicyclic amines) is 1. The molecule has 3 aromatic rings. The highest BCUT2D eigenvalue weighted by Gasteiger charge is 2.34. The Hall–Kier alpha value is -3.66. The van der Waals surface area contributed by atoms with Crippen molar-refractivity contribution in [2.45, 2.75) is 25.8 Å². The second-order valence-corrected chi connectivity index (χ2v) is 8.59. The Morgan fingerprint density at radius 3 is 2.72 bits per heavy atom. The molecule has 1 atom stereocenters. The lowest BCUT2D eigenvalue weighted by molar-refractivity contribution is -0.119. The molecule has 0 saturated carbocycles. The topological polar surface area (TPSA) is 106 Å². The van der Waals surface area contributed by atoms with Gasteiger partial charge < -0.3 is 19.7 Å². The molecular formula is C22H21N5O4S. The number of benzene rings is 2. The molecular weight excluding hydrogens is 430 g/mol. The fourth-order valence-electron chi connectivity index (χ4n) is 3.72. The van der Waals surface area contributed by atoms with Gasteiger partial charge >= 0.3 is 6.03 Å². The van der Waals surface area contributed by atoms with E-state index < -0.39 is 6.04 Å². The predicted molar refractivity (Wildman–Crippen MR) is 120 cm³/mol. The van der Waals surface area contributed by atoms with Crippen LogP contribution in [0.4, 0.5) is 15.6 Å². The minimum atomic E-state index is -0.557. The monoisotopic (exact) mass is 451 g/mol. The number of nitrogens with zero attached hydrogens (tertiary/aromatic N) is 3. The zero-order valence-electron chi connectivity index (χ0n) is 17.3. The minimum absolute atomic E-state index is 0.200. The van der Waals surface area contributed by atoms with Crippen LogP contribution in [-0.4, -0.2) is 46.4 Å². The lowest BCUT2D eigenvalue weighted by Crippen LogP contribution is -2.45. The maximum atomic E-state index is 12.9. The Morgan fingerprint density at radius 1 is 1.06 bits per heavy atom. The number of rotatable bonds is 4. The van der Waals surface area contributed by atoms with E-state index in [0.29, 0.717) is 40.3 Å². The van der Waals surface area contributed by atoms with Crippen molar-refractivity contribution in [2.75, 3.05) is 24.0 Å². The van der Waals surface area contributed by atoms with Crippen molar-refractivity contribution in [2.24, 2.45) is 0 Å². The zero-order valence-corrected chi connectivity index (χ0v) is 18.1. The number of ether oxygens (including phenoxy) is 2. The summed E-state index contributed by atoms with van der Waals surface area (Å²) in [6.45, 7) is 2.71. The van der Waals surface area contributed by atoms with E-state index >= 15 is 0 Å². The molecule has 3 amide bonds. The molecule has 1 fully saturated rings. The van der Waals surface area contributed by atoms with Gasteiger partial charge in [0.25, 0.3) is 0 Å². The number of hydrogen-bond acceptors (Lipinski definition) is 7. The molecule has 0 bridgehead atoms. The average Bonchev–Trinajstić information content (AvgIpc) is 3.55. The van der Waals surface area contributed by atoms with Crippen molar-refractivity contribution in [1.29, 1.82) is 0 Å². The predicted octanol–water partition coefficient (Wildman–Crippen LogP) is 3.88. The maximum absolute atomic E-state index is 12.9. The molecule has 5 rings (SSSR count). The number of carbonyl (C=O) groups is 2. The molecule has 2 aliphatic heterocycles. The van der Waals surface area contributed by atoms with E-state index in [1.807, 2.05) is 49.4 Å². The molecule has 10 heteroatoms. The quantitative estimate of drug-likeness (QED) is 0.624. The summed E-state index contributed by atoms with van der Waals surface area (Å²) in [5.74, 6) is 1.08. The fraction of sp³-hybridized carbons (Fsp3) is 0.273. The lowest BCUT2D eigenvalue weighted by Gasteiger charge is -2.23. The standard InChI is InChI=1S/C22H21N5O4S/c1-13-4-7-15(8-5-13)23-22(29)27-10-2-3-16(27)19(28)24-21-26-25-20(32-21)14-6-9-17-18(11-14)31-12-30-17/h4-9,11,16H,2-3,10,12H2,1H3,(H,23,29)(H,24,26,28)/t16-/m1/s1. The molecule has 164 valence electrons. The summed E-state index contributed by atoms with van der Waals surface area (Å²) in [5, 5.41) is 15.0. The van der Waals surface area contributed by atoms with Crippen molar-refractivity contribution in [1.82, 2.24) is 15.1 Å². The highest BCUT2D eigenvalue weighted by Crippen LogP contribution is 2.37. The van der Waals surface area contributed by atoms with Crippen LogP contribution >= 0.6 is 11.3 Å². The lowest BCUT2D eigenvalue weighted by atomic mass is 10.2. The van der Waals surface area contributed by atoms with Crippen LogP contribution in [0, 0.1) is 6.92 Å². The van der Waals surface area contributed by atoms with Gasteiger partial charge in [-0.3, -0.25) is 10.1 Å². The van der Waals surface area contributed by atoms with Crippen LogP contribution in [0.25, 0.3) is 10.6 Å². The van der Waals surface area contributed by atoms with Crippen LogP contribution < -0.4 is 20.1 Å². The summed E-state index contributed by atoms with van der Waals surface area (Å²) in [7, 11) is 0. The molecule has 2 N–H and O–H groups in total. The van der Waals surface area contributed by atoms with Crippen LogP contribution in [0.3, 0.4) is 0 Å². The average molecular weight is 452 g/mol.